The van der Waals surface area contributed by atoms with Gasteiger partial charge in [0.15, 0.2) is 0 Å². The summed E-state index contributed by atoms with van der Waals surface area (Å²) < 4.78 is 0. The van der Waals surface area contributed by atoms with Crippen molar-refractivity contribution in [1.82, 2.24) is 5.32 Å². The normalized spacial score (nSPS) is 12.1. The lowest BCUT2D eigenvalue weighted by molar-refractivity contribution is 0.517. The van der Waals surface area contributed by atoms with Gasteiger partial charge in [0.25, 0.3) is 0 Å². The Labute approximate surface area is 103 Å². The maximum Gasteiger partial charge on any atom is 0.0406 e. The van der Waals surface area contributed by atoms with E-state index in [1.54, 1.807) is 0 Å². The molecule has 1 nitrogen and oxygen atoms in total. The number of halogens is 1. The molecule has 0 saturated heterocycles. The minimum absolute atomic E-state index is 0.367. The zero-order valence-corrected chi connectivity index (χ0v) is 10.4. The molecule has 2 heteroatoms. The van der Waals surface area contributed by atoms with Crippen LogP contribution in [0.15, 0.2) is 24.3 Å². The average Bonchev–Trinajstić information content (AvgIpc) is 2.29. The number of nitrogens with one attached hydrogen (secondary N) is 1. The van der Waals surface area contributed by atoms with Crippen molar-refractivity contribution in [3.05, 3.63) is 34.9 Å². The number of hydrogen-bond acceptors (Lipinski definition) is 1. The van der Waals surface area contributed by atoms with E-state index in [-0.39, 0.29) is 0 Å². The van der Waals surface area contributed by atoms with Crippen LogP contribution in [0.25, 0.3) is 0 Å². The molecule has 0 aliphatic heterocycles. The monoisotopic (exact) mass is 235 g/mol. The Kier molecular flexibility index (Phi) is 6.00. The highest BCUT2D eigenvalue weighted by molar-refractivity contribution is 6.30. The fourth-order valence-electron chi connectivity index (χ4n) is 1.61. The third kappa shape index (κ3) is 4.70. The van der Waals surface area contributed by atoms with Gasteiger partial charge < -0.3 is 5.32 Å². The van der Waals surface area contributed by atoms with Crippen molar-refractivity contribution in [3.8, 4) is 12.3 Å². The molecule has 0 aliphatic rings. The summed E-state index contributed by atoms with van der Waals surface area (Å²) in [7, 11) is 0. The first-order valence-electron chi connectivity index (χ1n) is 5.67. The van der Waals surface area contributed by atoms with Gasteiger partial charge in [-0.2, -0.15) is 0 Å². The molecule has 0 heterocycles. The lowest BCUT2D eigenvalue weighted by Crippen LogP contribution is -2.31. The molecule has 1 N–H and O–H groups in total. The highest BCUT2D eigenvalue weighted by Gasteiger charge is 2.06. The summed E-state index contributed by atoms with van der Waals surface area (Å²) in [5, 5.41) is 4.23. The van der Waals surface area contributed by atoms with Gasteiger partial charge in [-0.1, -0.05) is 30.7 Å². The summed E-state index contributed by atoms with van der Waals surface area (Å²) in [6.07, 6.45) is 8.22. The Morgan fingerprint density at radius 1 is 1.38 bits per heavy atom. The van der Waals surface area contributed by atoms with Gasteiger partial charge in [-0.15, -0.1) is 12.3 Å². The lowest BCUT2D eigenvalue weighted by Gasteiger charge is -2.16. The van der Waals surface area contributed by atoms with Crippen LogP contribution in [0, 0.1) is 12.3 Å². The third-order valence-electron chi connectivity index (χ3n) is 2.44. The smallest absolute Gasteiger partial charge is 0.0406 e. The Morgan fingerprint density at radius 2 is 2.06 bits per heavy atom. The summed E-state index contributed by atoms with van der Waals surface area (Å²) >= 11 is 5.85. The molecular formula is C14H18ClN. The number of benzene rings is 1. The minimum Gasteiger partial charge on any atom is -0.313 e. The standard InChI is InChI=1S/C14H18ClN/c1-3-5-14(16-10-4-2)11-12-6-8-13(15)9-7-12/h1,6-9,14,16H,4-5,10-11H2,2H3. The average molecular weight is 236 g/mol. The largest absolute Gasteiger partial charge is 0.313 e. The van der Waals surface area contributed by atoms with E-state index in [4.69, 9.17) is 18.0 Å². The molecule has 1 unspecified atom stereocenters. The SMILES string of the molecule is C#CCC(Cc1ccc(Cl)cc1)NCCC. The first-order valence-corrected chi connectivity index (χ1v) is 6.05. The molecule has 0 radical (unpaired) electrons. The Hall–Kier alpha value is -0.970. The first kappa shape index (κ1) is 13.1. The molecule has 0 bridgehead atoms. The van der Waals surface area contributed by atoms with Gasteiger partial charge in [-0.25, -0.2) is 0 Å². The van der Waals surface area contributed by atoms with Gasteiger partial charge in [0.1, 0.15) is 0 Å². The van der Waals surface area contributed by atoms with Gasteiger partial charge >= 0.3 is 0 Å². The maximum absolute atomic E-state index is 5.85. The Balaban J connectivity index is 2.53. The highest BCUT2D eigenvalue weighted by atomic mass is 35.5. The topological polar surface area (TPSA) is 12.0 Å². The van der Waals surface area contributed by atoms with Crippen molar-refractivity contribution in [2.75, 3.05) is 6.54 Å². The maximum atomic E-state index is 5.85. The molecule has 86 valence electrons. The van der Waals surface area contributed by atoms with Crippen molar-refractivity contribution < 1.29 is 0 Å². The molecule has 0 fully saturated rings. The van der Waals surface area contributed by atoms with Crippen molar-refractivity contribution in [2.45, 2.75) is 32.2 Å². The second kappa shape index (κ2) is 7.33. The molecule has 0 spiro atoms. The summed E-state index contributed by atoms with van der Waals surface area (Å²) in [5.74, 6) is 2.72. The molecule has 0 aliphatic carbocycles. The zero-order chi connectivity index (χ0) is 11.8. The fourth-order valence-corrected chi connectivity index (χ4v) is 1.74. The second-order valence-corrected chi connectivity index (χ2v) is 4.33. The molecule has 1 rings (SSSR count). The van der Waals surface area contributed by atoms with E-state index in [9.17, 15) is 0 Å². The van der Waals surface area contributed by atoms with Gasteiger partial charge in [0.05, 0.1) is 0 Å². The molecule has 0 aromatic heterocycles. The summed E-state index contributed by atoms with van der Waals surface area (Å²) in [4.78, 5) is 0. The van der Waals surface area contributed by atoms with Crippen LogP contribution in [0.2, 0.25) is 5.02 Å². The lowest BCUT2D eigenvalue weighted by atomic mass is 10.0. The summed E-state index contributed by atoms with van der Waals surface area (Å²) in [5.41, 5.74) is 1.27. The van der Waals surface area contributed by atoms with Crippen molar-refractivity contribution in [3.63, 3.8) is 0 Å². The van der Waals surface area contributed by atoms with E-state index < -0.39 is 0 Å². The number of terminal acetylenes is 1. The van der Waals surface area contributed by atoms with Crippen LogP contribution < -0.4 is 5.32 Å². The Morgan fingerprint density at radius 3 is 2.62 bits per heavy atom. The minimum atomic E-state index is 0.367. The van der Waals surface area contributed by atoms with Crippen LogP contribution in [-0.4, -0.2) is 12.6 Å². The van der Waals surface area contributed by atoms with Gasteiger partial charge in [-0.05, 0) is 37.1 Å². The van der Waals surface area contributed by atoms with Crippen LogP contribution in [0.5, 0.6) is 0 Å². The number of hydrogen-bond donors (Lipinski definition) is 1. The van der Waals surface area contributed by atoms with Gasteiger partial charge in [0, 0.05) is 17.5 Å². The molecule has 1 aromatic rings. The highest BCUT2D eigenvalue weighted by Crippen LogP contribution is 2.12. The predicted molar refractivity (Wildman–Crippen MR) is 70.7 cm³/mol. The van der Waals surface area contributed by atoms with E-state index in [0.717, 1.165) is 30.8 Å². The summed E-state index contributed by atoms with van der Waals surface area (Å²) in [6, 6.07) is 8.32. The molecule has 1 aromatic carbocycles. The van der Waals surface area contributed by atoms with E-state index in [1.807, 2.05) is 12.1 Å². The van der Waals surface area contributed by atoms with Crippen LogP contribution in [0.1, 0.15) is 25.3 Å². The van der Waals surface area contributed by atoms with E-state index >= 15 is 0 Å². The predicted octanol–water partition coefficient (Wildman–Crippen LogP) is 3.27. The van der Waals surface area contributed by atoms with Gasteiger partial charge in [-0.3, -0.25) is 0 Å². The van der Waals surface area contributed by atoms with Crippen LogP contribution in [-0.2, 0) is 6.42 Å². The van der Waals surface area contributed by atoms with E-state index in [1.165, 1.54) is 5.56 Å². The van der Waals surface area contributed by atoms with E-state index in [2.05, 4.69) is 30.3 Å². The van der Waals surface area contributed by atoms with Crippen molar-refractivity contribution >= 4 is 11.6 Å². The zero-order valence-electron chi connectivity index (χ0n) is 9.67. The molecule has 0 amide bonds. The van der Waals surface area contributed by atoms with Crippen LogP contribution >= 0.6 is 11.6 Å². The van der Waals surface area contributed by atoms with E-state index in [0.29, 0.717) is 6.04 Å². The van der Waals surface area contributed by atoms with Crippen LogP contribution in [0.3, 0.4) is 0 Å². The fraction of sp³-hybridized carbons (Fsp3) is 0.429. The second-order valence-electron chi connectivity index (χ2n) is 3.89. The molecule has 0 saturated carbocycles. The van der Waals surface area contributed by atoms with Crippen molar-refractivity contribution in [1.29, 1.82) is 0 Å². The van der Waals surface area contributed by atoms with Crippen molar-refractivity contribution in [2.24, 2.45) is 0 Å². The Bertz CT molecular complexity index is 337. The van der Waals surface area contributed by atoms with Crippen LogP contribution in [0.4, 0.5) is 0 Å². The molecular weight excluding hydrogens is 218 g/mol. The quantitative estimate of drug-likeness (QED) is 0.747. The molecule has 1 atom stereocenters. The third-order valence-corrected chi connectivity index (χ3v) is 2.69. The number of rotatable bonds is 6. The summed E-state index contributed by atoms with van der Waals surface area (Å²) in [6.45, 7) is 3.17. The molecule has 16 heavy (non-hydrogen) atoms. The van der Waals surface area contributed by atoms with Gasteiger partial charge in [0.2, 0.25) is 0 Å². The first-order chi connectivity index (χ1) is 7.76.